The molecule has 1 aromatic heterocycles. The van der Waals surface area contributed by atoms with Crippen LogP contribution in [0.15, 0.2) is 24.4 Å². The minimum atomic E-state index is -3.11. The van der Waals surface area contributed by atoms with Crippen molar-refractivity contribution in [3.8, 4) is 0 Å². The number of hydrogen-bond acceptors (Lipinski definition) is 3. The fraction of sp³-hybridized carbons (Fsp3) is 0.467. The maximum absolute atomic E-state index is 11.1. The number of sulfonamides is 1. The number of H-pyrrole nitrogens is 1. The van der Waals surface area contributed by atoms with Crippen LogP contribution in [0.4, 0.5) is 0 Å². The highest BCUT2D eigenvalue weighted by molar-refractivity contribution is 7.88. The van der Waals surface area contributed by atoms with E-state index in [1.54, 1.807) is 0 Å². The van der Waals surface area contributed by atoms with Gasteiger partial charge in [-0.1, -0.05) is 6.07 Å². The van der Waals surface area contributed by atoms with Crippen molar-refractivity contribution in [3.63, 3.8) is 0 Å². The minimum absolute atomic E-state index is 0.432. The molecule has 5 nitrogen and oxygen atoms in total. The number of nitrogens with one attached hydrogen (secondary N) is 2. The molecule has 0 atom stereocenters. The number of benzene rings is 1. The van der Waals surface area contributed by atoms with Crippen molar-refractivity contribution < 1.29 is 8.42 Å². The Morgan fingerprint density at radius 1 is 1.24 bits per heavy atom. The summed E-state index contributed by atoms with van der Waals surface area (Å²) in [4.78, 5) is 5.45. The third kappa shape index (κ3) is 4.84. The molecular weight excluding hydrogens is 286 g/mol. The van der Waals surface area contributed by atoms with Crippen molar-refractivity contribution in [2.24, 2.45) is 0 Å². The lowest BCUT2D eigenvalue weighted by atomic mass is 10.1. The van der Waals surface area contributed by atoms with E-state index < -0.39 is 10.0 Å². The van der Waals surface area contributed by atoms with Gasteiger partial charge in [0, 0.05) is 30.2 Å². The molecule has 2 N–H and O–H groups in total. The molecular formula is C15H23N3O2S. The standard InChI is InChI=1S/C15H23N3O2S/c1-18(2)9-7-13-11-16-15-5-4-12(10-14(13)15)6-8-17-21(3,19)20/h4-5,10-11,16-17H,6-9H2,1-3H3. The summed E-state index contributed by atoms with van der Waals surface area (Å²) in [6.07, 6.45) is 4.94. The Balaban J connectivity index is 2.10. The fourth-order valence-electron chi connectivity index (χ4n) is 2.31. The van der Waals surface area contributed by atoms with Gasteiger partial charge in [0.25, 0.3) is 0 Å². The molecule has 0 amide bonds. The van der Waals surface area contributed by atoms with Gasteiger partial charge >= 0.3 is 0 Å². The Morgan fingerprint density at radius 2 is 2.00 bits per heavy atom. The molecule has 0 aliphatic heterocycles. The molecule has 0 bridgehead atoms. The molecule has 0 aliphatic rings. The van der Waals surface area contributed by atoms with Crippen molar-refractivity contribution in [1.29, 1.82) is 0 Å². The molecule has 0 spiro atoms. The second kappa shape index (κ2) is 6.60. The average molecular weight is 309 g/mol. The number of hydrogen-bond donors (Lipinski definition) is 2. The molecule has 0 fully saturated rings. The van der Waals surface area contributed by atoms with E-state index in [1.165, 1.54) is 17.2 Å². The second-order valence-electron chi connectivity index (χ2n) is 5.66. The van der Waals surface area contributed by atoms with Crippen molar-refractivity contribution in [1.82, 2.24) is 14.6 Å². The Bertz CT molecular complexity index is 705. The maximum Gasteiger partial charge on any atom is 0.208 e. The van der Waals surface area contributed by atoms with Crippen molar-refractivity contribution in [2.45, 2.75) is 12.8 Å². The summed E-state index contributed by atoms with van der Waals surface area (Å²) in [5.41, 5.74) is 3.57. The molecule has 0 aliphatic carbocycles. The van der Waals surface area contributed by atoms with Crippen molar-refractivity contribution in [2.75, 3.05) is 33.4 Å². The van der Waals surface area contributed by atoms with Crippen LogP contribution < -0.4 is 4.72 Å². The van der Waals surface area contributed by atoms with Gasteiger partial charge in [-0.2, -0.15) is 0 Å². The van der Waals surface area contributed by atoms with E-state index in [-0.39, 0.29) is 0 Å². The molecule has 0 unspecified atom stereocenters. The molecule has 0 radical (unpaired) electrons. The Morgan fingerprint density at radius 3 is 2.67 bits per heavy atom. The average Bonchev–Trinajstić information content (AvgIpc) is 2.77. The number of fused-ring (bicyclic) bond motifs is 1. The zero-order valence-corrected chi connectivity index (χ0v) is 13.6. The first kappa shape index (κ1) is 16.0. The van der Waals surface area contributed by atoms with E-state index in [0.29, 0.717) is 13.0 Å². The summed E-state index contributed by atoms with van der Waals surface area (Å²) in [6.45, 7) is 1.44. The number of nitrogens with zero attached hydrogens (tertiary/aromatic N) is 1. The highest BCUT2D eigenvalue weighted by Crippen LogP contribution is 2.20. The topological polar surface area (TPSA) is 65.2 Å². The van der Waals surface area contributed by atoms with Crippen LogP contribution >= 0.6 is 0 Å². The van der Waals surface area contributed by atoms with Gasteiger partial charge < -0.3 is 9.88 Å². The highest BCUT2D eigenvalue weighted by atomic mass is 32.2. The second-order valence-corrected chi connectivity index (χ2v) is 7.50. The zero-order valence-electron chi connectivity index (χ0n) is 12.8. The summed E-state index contributed by atoms with van der Waals surface area (Å²) in [7, 11) is 1.02. The number of likely N-dealkylation sites (N-methyl/N-ethyl adjacent to an activating group) is 1. The first-order chi connectivity index (χ1) is 9.85. The van der Waals surface area contributed by atoms with Crippen LogP contribution in [-0.4, -0.2) is 51.7 Å². The van der Waals surface area contributed by atoms with E-state index in [1.807, 2.05) is 6.07 Å². The Hall–Kier alpha value is -1.37. The van der Waals surface area contributed by atoms with Gasteiger partial charge in [0.1, 0.15) is 0 Å². The van der Waals surface area contributed by atoms with Crippen LogP contribution in [0.5, 0.6) is 0 Å². The summed E-state index contributed by atoms with van der Waals surface area (Å²) < 4.78 is 24.7. The van der Waals surface area contributed by atoms with Gasteiger partial charge in [0.05, 0.1) is 6.26 Å². The number of aromatic amines is 1. The van der Waals surface area contributed by atoms with Crippen molar-refractivity contribution in [3.05, 3.63) is 35.5 Å². The molecule has 2 aromatic rings. The predicted octanol–water partition coefficient (Wildman–Crippen LogP) is 1.36. The van der Waals surface area contributed by atoms with Crippen LogP contribution in [0.2, 0.25) is 0 Å². The quantitative estimate of drug-likeness (QED) is 0.812. The van der Waals surface area contributed by atoms with Gasteiger partial charge in [0.2, 0.25) is 10.0 Å². The summed E-state index contributed by atoms with van der Waals surface area (Å²) in [5, 5.41) is 1.23. The maximum atomic E-state index is 11.1. The van der Waals surface area contributed by atoms with Gasteiger partial charge in [-0.05, 0) is 50.2 Å². The van der Waals surface area contributed by atoms with Gasteiger partial charge in [-0.25, -0.2) is 13.1 Å². The smallest absolute Gasteiger partial charge is 0.208 e. The van der Waals surface area contributed by atoms with E-state index in [2.05, 4.69) is 47.0 Å². The first-order valence-corrected chi connectivity index (χ1v) is 8.92. The van der Waals surface area contributed by atoms with E-state index in [4.69, 9.17) is 0 Å². The fourth-order valence-corrected chi connectivity index (χ4v) is 2.79. The number of rotatable bonds is 7. The SMILES string of the molecule is CN(C)CCc1c[nH]c2ccc(CCNS(C)(=O)=O)cc12. The molecule has 1 aromatic carbocycles. The van der Waals surface area contributed by atoms with Gasteiger partial charge in [-0.15, -0.1) is 0 Å². The molecule has 1 heterocycles. The van der Waals surface area contributed by atoms with E-state index in [0.717, 1.165) is 24.0 Å². The summed E-state index contributed by atoms with van der Waals surface area (Å²) >= 11 is 0. The monoisotopic (exact) mass is 309 g/mol. The predicted molar refractivity (Wildman–Crippen MR) is 87.1 cm³/mol. The van der Waals surface area contributed by atoms with Crippen LogP contribution in [0.25, 0.3) is 10.9 Å². The van der Waals surface area contributed by atoms with Crippen LogP contribution in [0.1, 0.15) is 11.1 Å². The van der Waals surface area contributed by atoms with E-state index in [9.17, 15) is 8.42 Å². The lowest BCUT2D eigenvalue weighted by molar-refractivity contribution is 0.414. The number of aromatic nitrogens is 1. The minimum Gasteiger partial charge on any atom is -0.361 e. The Labute approximate surface area is 126 Å². The van der Waals surface area contributed by atoms with E-state index >= 15 is 0 Å². The third-order valence-corrected chi connectivity index (χ3v) is 4.17. The summed E-state index contributed by atoms with van der Waals surface area (Å²) in [6, 6.07) is 6.25. The largest absolute Gasteiger partial charge is 0.361 e. The van der Waals surface area contributed by atoms with Gasteiger partial charge in [0.15, 0.2) is 0 Å². The zero-order chi connectivity index (χ0) is 15.5. The van der Waals surface area contributed by atoms with Crippen LogP contribution in [0.3, 0.4) is 0 Å². The molecule has 0 saturated carbocycles. The third-order valence-electron chi connectivity index (χ3n) is 3.44. The highest BCUT2D eigenvalue weighted by Gasteiger charge is 2.06. The molecule has 21 heavy (non-hydrogen) atoms. The van der Waals surface area contributed by atoms with Gasteiger partial charge in [-0.3, -0.25) is 0 Å². The normalized spacial score (nSPS) is 12.4. The van der Waals surface area contributed by atoms with Crippen LogP contribution in [0, 0.1) is 0 Å². The molecule has 2 rings (SSSR count). The first-order valence-electron chi connectivity index (χ1n) is 7.03. The lowest BCUT2D eigenvalue weighted by Crippen LogP contribution is -2.24. The van der Waals surface area contributed by atoms with Crippen molar-refractivity contribution >= 4 is 20.9 Å². The molecule has 0 saturated heterocycles. The lowest BCUT2D eigenvalue weighted by Gasteiger charge is -2.08. The molecule has 6 heteroatoms. The van der Waals surface area contributed by atoms with Crippen LogP contribution in [-0.2, 0) is 22.9 Å². The Kier molecular flexibility index (Phi) is 5.03. The molecule has 116 valence electrons. The summed E-state index contributed by atoms with van der Waals surface area (Å²) in [5.74, 6) is 0.